The third-order valence-corrected chi connectivity index (χ3v) is 3.82. The Morgan fingerprint density at radius 3 is 2.72 bits per heavy atom. The summed E-state index contributed by atoms with van der Waals surface area (Å²) < 4.78 is 0. The van der Waals surface area contributed by atoms with Gasteiger partial charge in [-0.25, -0.2) is 0 Å². The van der Waals surface area contributed by atoms with E-state index in [1.165, 1.54) is 0 Å². The van der Waals surface area contributed by atoms with Gasteiger partial charge in [-0.2, -0.15) is 0 Å². The van der Waals surface area contributed by atoms with Crippen LogP contribution in [0.15, 0.2) is 0 Å². The van der Waals surface area contributed by atoms with Crippen LogP contribution in [0.3, 0.4) is 0 Å². The predicted octanol–water partition coefficient (Wildman–Crippen LogP) is 0.339. The number of hydrogen-bond donors (Lipinski definition) is 1. The van der Waals surface area contributed by atoms with E-state index in [0.717, 1.165) is 45.2 Å². The Hall–Kier alpha value is -1.10. The van der Waals surface area contributed by atoms with Gasteiger partial charge in [0.1, 0.15) is 0 Å². The van der Waals surface area contributed by atoms with Gasteiger partial charge in [0, 0.05) is 32.1 Å². The van der Waals surface area contributed by atoms with Gasteiger partial charge in [-0.15, -0.1) is 0 Å². The van der Waals surface area contributed by atoms with E-state index in [1.807, 2.05) is 0 Å². The van der Waals surface area contributed by atoms with Gasteiger partial charge >= 0.3 is 0 Å². The largest absolute Gasteiger partial charge is 0.340 e. The van der Waals surface area contributed by atoms with Crippen molar-refractivity contribution in [3.63, 3.8) is 0 Å². The summed E-state index contributed by atoms with van der Waals surface area (Å²) in [6.45, 7) is 2.35. The molecule has 2 aliphatic heterocycles. The van der Waals surface area contributed by atoms with E-state index in [1.54, 1.807) is 9.80 Å². The Labute approximate surface area is 108 Å². The maximum Gasteiger partial charge on any atom is 0.242 e. The first kappa shape index (κ1) is 13.3. The summed E-state index contributed by atoms with van der Waals surface area (Å²) in [4.78, 5) is 27.5. The molecule has 0 spiro atoms. The molecule has 2 amide bonds. The van der Waals surface area contributed by atoms with Crippen molar-refractivity contribution in [1.82, 2.24) is 9.80 Å². The molecule has 2 N–H and O–H groups in total. The van der Waals surface area contributed by atoms with Crippen molar-refractivity contribution in [2.75, 3.05) is 26.2 Å². The number of carbonyl (C=O) groups is 2. The Kier molecular flexibility index (Phi) is 4.58. The van der Waals surface area contributed by atoms with E-state index in [-0.39, 0.29) is 24.4 Å². The molecule has 0 radical (unpaired) electrons. The molecule has 0 aliphatic carbocycles. The summed E-state index contributed by atoms with van der Waals surface area (Å²) in [5, 5.41) is 0. The van der Waals surface area contributed by atoms with Crippen molar-refractivity contribution in [2.24, 2.45) is 5.73 Å². The van der Waals surface area contributed by atoms with Crippen LogP contribution in [0, 0.1) is 0 Å². The topological polar surface area (TPSA) is 66.6 Å². The lowest BCUT2D eigenvalue weighted by Crippen LogP contribution is -2.43. The molecule has 2 heterocycles. The van der Waals surface area contributed by atoms with Gasteiger partial charge in [0.25, 0.3) is 0 Å². The van der Waals surface area contributed by atoms with Crippen molar-refractivity contribution >= 4 is 11.8 Å². The van der Waals surface area contributed by atoms with E-state index >= 15 is 0 Å². The highest BCUT2D eigenvalue weighted by Gasteiger charge is 2.26. The van der Waals surface area contributed by atoms with E-state index in [2.05, 4.69) is 0 Å². The van der Waals surface area contributed by atoms with Crippen LogP contribution in [-0.4, -0.2) is 53.8 Å². The van der Waals surface area contributed by atoms with Gasteiger partial charge in [0.15, 0.2) is 0 Å². The average Bonchev–Trinajstić information content (AvgIpc) is 2.75. The molecule has 2 rings (SSSR count). The highest BCUT2D eigenvalue weighted by molar-refractivity contribution is 5.85. The van der Waals surface area contributed by atoms with E-state index in [9.17, 15) is 9.59 Å². The third kappa shape index (κ3) is 3.45. The maximum absolute atomic E-state index is 12.1. The number of amides is 2. The summed E-state index contributed by atoms with van der Waals surface area (Å²) >= 11 is 0. The van der Waals surface area contributed by atoms with Crippen LogP contribution in [0.2, 0.25) is 0 Å². The summed E-state index contributed by atoms with van der Waals surface area (Å²) in [6, 6.07) is 0.108. The summed E-state index contributed by atoms with van der Waals surface area (Å²) in [5.41, 5.74) is 5.79. The Morgan fingerprint density at radius 1 is 1.22 bits per heavy atom. The van der Waals surface area contributed by atoms with Gasteiger partial charge in [-0.05, 0) is 19.3 Å². The molecule has 0 aromatic rings. The van der Waals surface area contributed by atoms with Gasteiger partial charge in [-0.1, -0.05) is 12.8 Å². The fraction of sp³-hybridized carbons (Fsp3) is 0.846. The Balaban J connectivity index is 1.86. The van der Waals surface area contributed by atoms with Crippen molar-refractivity contribution in [3.05, 3.63) is 0 Å². The highest BCUT2D eigenvalue weighted by atomic mass is 16.2. The molecule has 5 heteroatoms. The molecule has 1 atom stereocenters. The van der Waals surface area contributed by atoms with Gasteiger partial charge < -0.3 is 15.5 Å². The molecule has 0 aromatic carbocycles. The number of nitrogens with zero attached hydrogens (tertiary/aromatic N) is 2. The van der Waals surface area contributed by atoms with E-state index in [4.69, 9.17) is 5.73 Å². The molecule has 18 heavy (non-hydrogen) atoms. The van der Waals surface area contributed by atoms with Crippen LogP contribution in [0.25, 0.3) is 0 Å². The molecule has 2 fully saturated rings. The molecule has 2 saturated heterocycles. The molecule has 0 aromatic heterocycles. The van der Waals surface area contributed by atoms with Crippen LogP contribution in [0.1, 0.15) is 38.5 Å². The van der Waals surface area contributed by atoms with Crippen LogP contribution in [-0.2, 0) is 9.59 Å². The Bertz CT molecular complexity index is 319. The zero-order valence-corrected chi connectivity index (χ0v) is 10.9. The third-order valence-electron chi connectivity index (χ3n) is 3.82. The van der Waals surface area contributed by atoms with Crippen LogP contribution in [0.4, 0.5) is 0 Å². The zero-order valence-electron chi connectivity index (χ0n) is 10.9. The lowest BCUT2D eigenvalue weighted by atomic mass is 10.1. The fourth-order valence-electron chi connectivity index (χ4n) is 2.66. The standard InChI is InChI=1S/C13H23N3O2/c14-11-6-8-16(9-11)13(18)10-15-7-4-2-1-3-5-12(15)17/h11H,1-10,14H2/t11-/m1/s1. The first-order valence-electron chi connectivity index (χ1n) is 6.98. The fourth-order valence-corrected chi connectivity index (χ4v) is 2.66. The van der Waals surface area contributed by atoms with Crippen LogP contribution < -0.4 is 5.73 Å². The quantitative estimate of drug-likeness (QED) is 0.771. The number of likely N-dealkylation sites (tertiary alicyclic amines) is 2. The molecule has 5 nitrogen and oxygen atoms in total. The molecular formula is C13H23N3O2. The van der Waals surface area contributed by atoms with Crippen molar-refractivity contribution in [2.45, 2.75) is 44.6 Å². The molecule has 0 saturated carbocycles. The van der Waals surface area contributed by atoms with E-state index in [0.29, 0.717) is 13.0 Å². The van der Waals surface area contributed by atoms with Crippen LogP contribution >= 0.6 is 0 Å². The molecule has 2 aliphatic rings. The maximum atomic E-state index is 12.1. The van der Waals surface area contributed by atoms with Gasteiger partial charge in [-0.3, -0.25) is 9.59 Å². The smallest absolute Gasteiger partial charge is 0.242 e. The Morgan fingerprint density at radius 2 is 2.00 bits per heavy atom. The van der Waals surface area contributed by atoms with Crippen molar-refractivity contribution < 1.29 is 9.59 Å². The molecule has 0 unspecified atom stereocenters. The lowest BCUT2D eigenvalue weighted by Gasteiger charge is -2.26. The monoisotopic (exact) mass is 253 g/mol. The average molecular weight is 253 g/mol. The second-order valence-corrected chi connectivity index (χ2v) is 5.37. The predicted molar refractivity (Wildman–Crippen MR) is 68.8 cm³/mol. The zero-order chi connectivity index (χ0) is 13.0. The minimum atomic E-state index is 0.0527. The summed E-state index contributed by atoms with van der Waals surface area (Å²) in [7, 11) is 0. The first-order chi connectivity index (χ1) is 8.66. The van der Waals surface area contributed by atoms with Crippen LogP contribution in [0.5, 0.6) is 0 Å². The van der Waals surface area contributed by atoms with E-state index < -0.39 is 0 Å². The molecule has 102 valence electrons. The van der Waals surface area contributed by atoms with Gasteiger partial charge in [0.05, 0.1) is 6.54 Å². The minimum Gasteiger partial charge on any atom is -0.340 e. The van der Waals surface area contributed by atoms with Gasteiger partial charge in [0.2, 0.25) is 11.8 Å². The SMILES string of the molecule is N[C@@H]1CCN(C(=O)CN2CCCCCCC2=O)C1. The lowest BCUT2D eigenvalue weighted by molar-refractivity contribution is -0.140. The summed E-state index contributed by atoms with van der Waals surface area (Å²) in [6.07, 6.45) is 5.73. The first-order valence-corrected chi connectivity index (χ1v) is 6.98. The normalized spacial score (nSPS) is 26.1. The molecular weight excluding hydrogens is 230 g/mol. The second-order valence-electron chi connectivity index (χ2n) is 5.37. The number of carbonyl (C=O) groups excluding carboxylic acids is 2. The van der Waals surface area contributed by atoms with Crippen molar-refractivity contribution in [3.8, 4) is 0 Å². The minimum absolute atomic E-state index is 0.0527. The second kappa shape index (κ2) is 6.18. The van der Waals surface area contributed by atoms with Crippen molar-refractivity contribution in [1.29, 1.82) is 0 Å². The summed E-state index contributed by atoms with van der Waals surface area (Å²) in [5.74, 6) is 0.184. The number of nitrogens with two attached hydrogens (primary N) is 1. The number of rotatable bonds is 2. The molecule has 0 bridgehead atoms. The number of hydrogen-bond acceptors (Lipinski definition) is 3. The highest BCUT2D eigenvalue weighted by Crippen LogP contribution is 2.13.